The number of hydrogen-bond donors (Lipinski definition) is 1. The number of benzene rings is 1. The molecule has 1 unspecified atom stereocenters. The molecule has 0 aliphatic carbocycles. The van der Waals surface area contributed by atoms with Crippen molar-refractivity contribution in [1.29, 1.82) is 0 Å². The summed E-state index contributed by atoms with van der Waals surface area (Å²) in [7, 11) is 5.18. The molecule has 1 N–H and O–H groups in total. The minimum atomic E-state index is 0.101. The van der Waals surface area contributed by atoms with Gasteiger partial charge in [-0.1, -0.05) is 0 Å². The van der Waals surface area contributed by atoms with E-state index in [0.29, 0.717) is 18.0 Å². The summed E-state index contributed by atoms with van der Waals surface area (Å²) in [6.07, 6.45) is 1.69. The molecule has 0 radical (unpaired) electrons. The maximum Gasteiger partial charge on any atom is 0.174 e. The molecule has 0 spiro atoms. The van der Waals surface area contributed by atoms with E-state index in [1.807, 2.05) is 23.7 Å². The second-order valence-corrected chi connectivity index (χ2v) is 5.57. The van der Waals surface area contributed by atoms with E-state index in [4.69, 9.17) is 9.47 Å². The molecule has 1 atom stereocenters. The number of rotatable bonds is 6. The zero-order chi connectivity index (χ0) is 15.4. The molecule has 0 amide bonds. The van der Waals surface area contributed by atoms with Crippen molar-refractivity contribution in [2.24, 2.45) is 7.05 Å². The van der Waals surface area contributed by atoms with Gasteiger partial charge in [0.15, 0.2) is 11.5 Å². The first-order chi connectivity index (χ1) is 10.1. The molecular weight excluding hydrogens is 336 g/mol. The number of ether oxygens (including phenoxy) is 2. The molecule has 0 saturated heterocycles. The third-order valence-corrected chi connectivity index (χ3v) is 3.83. The zero-order valence-electron chi connectivity index (χ0n) is 12.6. The summed E-state index contributed by atoms with van der Waals surface area (Å²) in [5, 5.41) is 11.4. The summed E-state index contributed by atoms with van der Waals surface area (Å²) in [5.74, 6) is 2.30. The Balaban J connectivity index is 2.10. The van der Waals surface area contributed by atoms with Gasteiger partial charge in [0.1, 0.15) is 12.2 Å². The third kappa shape index (κ3) is 3.54. The predicted octanol–water partition coefficient (Wildman–Crippen LogP) is 2.45. The predicted molar refractivity (Wildman–Crippen MR) is 83.5 cm³/mol. The number of hydrogen-bond acceptors (Lipinski definition) is 5. The number of aromatic nitrogens is 3. The fraction of sp³-hybridized carbons (Fsp3) is 0.429. The number of methoxy groups -OCH3 is 2. The quantitative estimate of drug-likeness (QED) is 0.863. The molecule has 114 valence electrons. The van der Waals surface area contributed by atoms with Gasteiger partial charge < -0.3 is 19.4 Å². The van der Waals surface area contributed by atoms with Crippen molar-refractivity contribution in [2.75, 3.05) is 14.2 Å². The van der Waals surface area contributed by atoms with Crippen molar-refractivity contribution in [3.05, 3.63) is 34.3 Å². The Bertz CT molecular complexity index is 615. The van der Waals surface area contributed by atoms with Crippen LogP contribution in [0.1, 0.15) is 24.4 Å². The van der Waals surface area contributed by atoms with E-state index in [9.17, 15) is 0 Å². The first kappa shape index (κ1) is 15.8. The van der Waals surface area contributed by atoms with E-state index in [2.05, 4.69) is 38.4 Å². The van der Waals surface area contributed by atoms with Gasteiger partial charge in [-0.05, 0) is 40.5 Å². The van der Waals surface area contributed by atoms with Gasteiger partial charge in [-0.2, -0.15) is 0 Å². The maximum absolute atomic E-state index is 5.35. The normalized spacial score (nSPS) is 12.2. The Morgan fingerprint density at radius 2 is 2.10 bits per heavy atom. The Hall–Kier alpha value is -1.60. The zero-order valence-corrected chi connectivity index (χ0v) is 14.1. The molecule has 2 rings (SSSR count). The van der Waals surface area contributed by atoms with E-state index in [-0.39, 0.29) is 6.04 Å². The first-order valence-corrected chi connectivity index (χ1v) is 7.33. The van der Waals surface area contributed by atoms with Crippen LogP contribution in [0.4, 0.5) is 0 Å². The Morgan fingerprint density at radius 3 is 2.67 bits per heavy atom. The second-order valence-electron chi connectivity index (χ2n) is 4.72. The van der Waals surface area contributed by atoms with Gasteiger partial charge in [-0.15, -0.1) is 10.2 Å². The van der Waals surface area contributed by atoms with Crippen LogP contribution in [0.3, 0.4) is 0 Å². The lowest BCUT2D eigenvalue weighted by Crippen LogP contribution is -2.21. The number of nitrogens with one attached hydrogen (secondary N) is 1. The molecule has 1 aromatic heterocycles. The highest BCUT2D eigenvalue weighted by molar-refractivity contribution is 9.10. The Labute approximate surface area is 132 Å². The molecule has 1 aromatic carbocycles. The molecule has 1 heterocycles. The summed E-state index contributed by atoms with van der Waals surface area (Å²) in [5.41, 5.74) is 1.09. The lowest BCUT2D eigenvalue weighted by atomic mass is 10.2. The monoisotopic (exact) mass is 354 g/mol. The van der Waals surface area contributed by atoms with Crippen LogP contribution >= 0.6 is 15.9 Å². The highest BCUT2D eigenvalue weighted by Crippen LogP contribution is 2.36. The molecule has 0 fully saturated rings. The molecule has 6 nitrogen and oxygen atoms in total. The van der Waals surface area contributed by atoms with Crippen LogP contribution in [0.5, 0.6) is 11.5 Å². The van der Waals surface area contributed by atoms with Crippen LogP contribution < -0.4 is 14.8 Å². The highest BCUT2D eigenvalue weighted by Gasteiger charge is 2.13. The average molecular weight is 355 g/mol. The molecule has 7 heteroatoms. The average Bonchev–Trinajstić information content (AvgIpc) is 2.90. The van der Waals surface area contributed by atoms with E-state index in [1.54, 1.807) is 20.5 Å². The molecule has 0 saturated carbocycles. The van der Waals surface area contributed by atoms with Crippen LogP contribution in [-0.2, 0) is 13.6 Å². The van der Waals surface area contributed by atoms with Gasteiger partial charge >= 0.3 is 0 Å². The van der Waals surface area contributed by atoms with Crippen LogP contribution in [0.2, 0.25) is 0 Å². The van der Waals surface area contributed by atoms with E-state index in [1.165, 1.54) is 0 Å². The van der Waals surface area contributed by atoms with Gasteiger partial charge in [-0.25, -0.2) is 0 Å². The van der Waals surface area contributed by atoms with Crippen molar-refractivity contribution in [2.45, 2.75) is 19.5 Å². The van der Waals surface area contributed by atoms with Gasteiger partial charge in [-0.3, -0.25) is 0 Å². The van der Waals surface area contributed by atoms with Crippen molar-refractivity contribution in [3.63, 3.8) is 0 Å². The smallest absolute Gasteiger partial charge is 0.174 e. The van der Waals surface area contributed by atoms with Crippen molar-refractivity contribution >= 4 is 15.9 Å². The summed E-state index contributed by atoms with van der Waals surface area (Å²) in [6.45, 7) is 2.74. The lowest BCUT2D eigenvalue weighted by Gasteiger charge is -2.15. The van der Waals surface area contributed by atoms with Crippen LogP contribution in [0, 0.1) is 0 Å². The number of halogens is 1. The summed E-state index contributed by atoms with van der Waals surface area (Å²) >= 11 is 3.50. The summed E-state index contributed by atoms with van der Waals surface area (Å²) < 4.78 is 13.4. The minimum Gasteiger partial charge on any atom is -0.493 e. The molecular formula is C14H19BrN4O2. The standard InChI is InChI=1S/C14H19BrN4O2/c1-9(14-18-17-8-19(14)2)16-7-10-5-11(15)13(21-4)12(6-10)20-3/h5-6,8-9,16H,7H2,1-4H3. The Morgan fingerprint density at radius 1 is 1.33 bits per heavy atom. The van der Waals surface area contributed by atoms with Crippen molar-refractivity contribution in [1.82, 2.24) is 20.1 Å². The minimum absolute atomic E-state index is 0.101. The van der Waals surface area contributed by atoms with Crippen LogP contribution in [0.25, 0.3) is 0 Å². The SMILES string of the molecule is COc1cc(CNC(C)c2nncn2C)cc(Br)c1OC. The van der Waals surface area contributed by atoms with E-state index >= 15 is 0 Å². The van der Waals surface area contributed by atoms with Gasteiger partial charge in [0.25, 0.3) is 0 Å². The molecule has 2 aromatic rings. The largest absolute Gasteiger partial charge is 0.493 e. The van der Waals surface area contributed by atoms with E-state index < -0.39 is 0 Å². The van der Waals surface area contributed by atoms with Crippen molar-refractivity contribution < 1.29 is 9.47 Å². The van der Waals surface area contributed by atoms with Gasteiger partial charge in [0.05, 0.1) is 24.7 Å². The molecule has 0 aliphatic rings. The maximum atomic E-state index is 5.35. The second kappa shape index (κ2) is 6.91. The lowest BCUT2D eigenvalue weighted by molar-refractivity contribution is 0.352. The highest BCUT2D eigenvalue weighted by atomic mass is 79.9. The molecule has 21 heavy (non-hydrogen) atoms. The van der Waals surface area contributed by atoms with Gasteiger partial charge in [0.2, 0.25) is 0 Å². The fourth-order valence-corrected chi connectivity index (χ4v) is 2.77. The molecule has 0 aliphatic heterocycles. The third-order valence-electron chi connectivity index (χ3n) is 3.24. The van der Waals surface area contributed by atoms with Crippen molar-refractivity contribution in [3.8, 4) is 11.5 Å². The molecule has 0 bridgehead atoms. The van der Waals surface area contributed by atoms with Crippen LogP contribution in [0.15, 0.2) is 22.9 Å². The fourth-order valence-electron chi connectivity index (χ4n) is 2.12. The first-order valence-electron chi connectivity index (χ1n) is 6.54. The Kier molecular flexibility index (Phi) is 5.19. The van der Waals surface area contributed by atoms with E-state index in [0.717, 1.165) is 15.9 Å². The van der Waals surface area contributed by atoms with Crippen LogP contribution in [-0.4, -0.2) is 29.0 Å². The summed E-state index contributed by atoms with van der Waals surface area (Å²) in [4.78, 5) is 0. The number of aryl methyl sites for hydroxylation is 1. The van der Waals surface area contributed by atoms with Gasteiger partial charge in [0, 0.05) is 13.6 Å². The number of nitrogens with zero attached hydrogens (tertiary/aromatic N) is 3. The topological polar surface area (TPSA) is 61.2 Å². The summed E-state index contributed by atoms with van der Waals surface area (Å²) in [6, 6.07) is 4.07.